The van der Waals surface area contributed by atoms with E-state index in [9.17, 15) is 10.1 Å². The zero-order valence-electron chi connectivity index (χ0n) is 13.7. The maximum Gasteiger partial charge on any atom is 0.323 e. The highest BCUT2D eigenvalue weighted by molar-refractivity contribution is 5.76. The third-order valence-corrected chi connectivity index (χ3v) is 4.94. The van der Waals surface area contributed by atoms with Gasteiger partial charge in [-0.05, 0) is 25.8 Å². The molecule has 0 aliphatic carbocycles. The maximum atomic E-state index is 12.3. The summed E-state index contributed by atoms with van der Waals surface area (Å²) in [6.45, 7) is 6.64. The number of fused-ring (bicyclic) bond motifs is 1. The van der Waals surface area contributed by atoms with Crippen LogP contribution in [0, 0.1) is 16.7 Å². The van der Waals surface area contributed by atoms with Gasteiger partial charge in [0.05, 0.1) is 24.3 Å². The lowest BCUT2D eigenvalue weighted by Gasteiger charge is -2.32. The quantitative estimate of drug-likeness (QED) is 0.796. The molecule has 0 radical (unpaired) electrons. The molecule has 3 atom stereocenters. The summed E-state index contributed by atoms with van der Waals surface area (Å²) < 4.78 is 5.22. The number of nitrogens with zero attached hydrogens (tertiary/aromatic N) is 3. The third kappa shape index (κ3) is 2.85. The number of hydrogen-bond donors (Lipinski definition) is 0. The van der Waals surface area contributed by atoms with Crippen molar-refractivity contribution in [2.24, 2.45) is 5.41 Å². The molecule has 0 unspecified atom stereocenters. The molecule has 0 bridgehead atoms. The van der Waals surface area contributed by atoms with E-state index in [4.69, 9.17) is 4.74 Å². The second-order valence-electron chi connectivity index (χ2n) is 6.57. The normalized spacial score (nSPS) is 30.8. The van der Waals surface area contributed by atoms with E-state index in [-0.39, 0.29) is 18.2 Å². The van der Waals surface area contributed by atoms with E-state index >= 15 is 0 Å². The van der Waals surface area contributed by atoms with Gasteiger partial charge >= 0.3 is 5.97 Å². The highest BCUT2D eigenvalue weighted by atomic mass is 16.5. The molecule has 1 aromatic carbocycles. The van der Waals surface area contributed by atoms with Crippen LogP contribution in [0.5, 0.6) is 0 Å². The predicted octanol–water partition coefficient (Wildman–Crippen LogP) is 2.00. The van der Waals surface area contributed by atoms with E-state index in [1.54, 1.807) is 0 Å². The first-order valence-corrected chi connectivity index (χ1v) is 8.20. The Hall–Kier alpha value is -1.90. The minimum absolute atomic E-state index is 0.0258. The van der Waals surface area contributed by atoms with Crippen LogP contribution in [-0.2, 0) is 16.1 Å². The van der Waals surface area contributed by atoms with Gasteiger partial charge in [0, 0.05) is 19.6 Å². The first kappa shape index (κ1) is 16.0. The standard InChI is InChI=1S/C18H23N3O2/c1-3-23-16(22)15-11-18(2,13-19)17-20(9-10-21(15)17)12-14-7-5-4-6-8-14/h4-8,15,17H,3,9-12H2,1-2H3/t15-,17-,18-/m0/s1. The number of carbonyl (C=O) groups excluding carboxylic acids is 1. The van der Waals surface area contributed by atoms with Gasteiger partial charge in [0.2, 0.25) is 0 Å². The van der Waals surface area contributed by atoms with Crippen molar-refractivity contribution < 1.29 is 9.53 Å². The van der Waals surface area contributed by atoms with Crippen LogP contribution in [0.3, 0.4) is 0 Å². The zero-order valence-corrected chi connectivity index (χ0v) is 13.7. The molecule has 2 aliphatic heterocycles. The molecule has 2 aliphatic rings. The monoisotopic (exact) mass is 313 g/mol. The predicted molar refractivity (Wildman–Crippen MR) is 86.1 cm³/mol. The smallest absolute Gasteiger partial charge is 0.323 e. The van der Waals surface area contributed by atoms with E-state index in [1.165, 1.54) is 5.56 Å². The molecule has 122 valence electrons. The molecule has 1 aromatic rings. The molecule has 5 heteroatoms. The number of hydrogen-bond acceptors (Lipinski definition) is 5. The average Bonchev–Trinajstić information content (AvgIpc) is 3.10. The van der Waals surface area contributed by atoms with Gasteiger partial charge in [0.15, 0.2) is 0 Å². The summed E-state index contributed by atoms with van der Waals surface area (Å²) in [6, 6.07) is 12.4. The van der Waals surface area contributed by atoms with Gasteiger partial charge in [0.1, 0.15) is 6.04 Å². The molecule has 2 fully saturated rings. The second kappa shape index (κ2) is 6.31. The number of esters is 1. The molecule has 0 amide bonds. The topological polar surface area (TPSA) is 56.6 Å². The first-order chi connectivity index (χ1) is 11.1. The molecule has 2 heterocycles. The zero-order chi connectivity index (χ0) is 16.4. The van der Waals surface area contributed by atoms with E-state index in [0.717, 1.165) is 19.6 Å². The molecule has 3 rings (SSSR count). The van der Waals surface area contributed by atoms with Crippen molar-refractivity contribution in [3.05, 3.63) is 35.9 Å². The number of rotatable bonds is 4. The summed E-state index contributed by atoms with van der Waals surface area (Å²) in [5.41, 5.74) is 0.678. The summed E-state index contributed by atoms with van der Waals surface area (Å²) in [5.74, 6) is -0.196. The Morgan fingerprint density at radius 3 is 2.78 bits per heavy atom. The van der Waals surface area contributed by atoms with E-state index in [0.29, 0.717) is 13.0 Å². The van der Waals surface area contributed by atoms with E-state index in [1.807, 2.05) is 32.0 Å². The molecule has 0 spiro atoms. The minimum Gasteiger partial charge on any atom is -0.465 e. The summed E-state index contributed by atoms with van der Waals surface area (Å²) in [6.07, 6.45) is 0.514. The lowest BCUT2D eigenvalue weighted by molar-refractivity contribution is -0.148. The third-order valence-electron chi connectivity index (χ3n) is 4.94. The van der Waals surface area contributed by atoms with Crippen molar-refractivity contribution >= 4 is 5.97 Å². The Bertz CT molecular complexity index is 612. The van der Waals surface area contributed by atoms with Crippen LogP contribution >= 0.6 is 0 Å². The SMILES string of the molecule is CCOC(=O)[C@@H]1C[C@@](C)(C#N)[C@H]2N(Cc3ccccc3)CCN12. The van der Waals surface area contributed by atoms with Crippen molar-refractivity contribution in [1.82, 2.24) is 9.80 Å². The van der Waals surface area contributed by atoms with Crippen molar-refractivity contribution in [3.63, 3.8) is 0 Å². The number of nitriles is 1. The summed E-state index contributed by atoms with van der Waals surface area (Å²) >= 11 is 0. The van der Waals surface area contributed by atoms with E-state index in [2.05, 4.69) is 28.0 Å². The highest BCUT2D eigenvalue weighted by Gasteiger charge is 2.57. The van der Waals surface area contributed by atoms with Crippen molar-refractivity contribution in [2.45, 2.75) is 39.0 Å². The van der Waals surface area contributed by atoms with Gasteiger partial charge < -0.3 is 4.74 Å². The molecule has 0 N–H and O–H groups in total. The van der Waals surface area contributed by atoms with Gasteiger partial charge in [0.25, 0.3) is 0 Å². The number of ether oxygens (including phenoxy) is 1. The van der Waals surface area contributed by atoms with Crippen LogP contribution in [0.1, 0.15) is 25.8 Å². The molecule has 0 aromatic heterocycles. The summed E-state index contributed by atoms with van der Waals surface area (Å²) in [4.78, 5) is 16.7. The summed E-state index contributed by atoms with van der Waals surface area (Å²) in [7, 11) is 0. The minimum atomic E-state index is -0.553. The van der Waals surface area contributed by atoms with Gasteiger partial charge in [-0.25, -0.2) is 0 Å². The van der Waals surface area contributed by atoms with Gasteiger partial charge in [-0.15, -0.1) is 0 Å². The molecular formula is C18H23N3O2. The molecular weight excluding hydrogens is 290 g/mol. The van der Waals surface area contributed by atoms with Crippen molar-refractivity contribution in [2.75, 3.05) is 19.7 Å². The maximum absolute atomic E-state index is 12.3. The average molecular weight is 313 g/mol. The molecule has 2 saturated heterocycles. The van der Waals surface area contributed by atoms with Gasteiger partial charge in [-0.1, -0.05) is 30.3 Å². The lowest BCUT2D eigenvalue weighted by atomic mass is 9.86. The molecule has 23 heavy (non-hydrogen) atoms. The Morgan fingerprint density at radius 2 is 2.13 bits per heavy atom. The van der Waals surface area contributed by atoms with Crippen LogP contribution in [0.25, 0.3) is 0 Å². The van der Waals surface area contributed by atoms with Crippen molar-refractivity contribution in [3.8, 4) is 6.07 Å². The Balaban J connectivity index is 1.82. The lowest BCUT2D eigenvalue weighted by Crippen LogP contribution is -2.45. The fraction of sp³-hybridized carbons (Fsp3) is 0.556. The van der Waals surface area contributed by atoms with Gasteiger partial charge in [-0.3, -0.25) is 14.6 Å². The van der Waals surface area contributed by atoms with Crippen LogP contribution in [0.2, 0.25) is 0 Å². The Morgan fingerprint density at radius 1 is 1.39 bits per heavy atom. The number of carbonyl (C=O) groups is 1. The van der Waals surface area contributed by atoms with Crippen molar-refractivity contribution in [1.29, 1.82) is 5.26 Å². The van der Waals surface area contributed by atoms with Crippen LogP contribution in [0.4, 0.5) is 0 Å². The van der Waals surface area contributed by atoms with Crippen LogP contribution in [-0.4, -0.2) is 47.7 Å². The largest absolute Gasteiger partial charge is 0.465 e. The second-order valence-corrected chi connectivity index (χ2v) is 6.57. The van der Waals surface area contributed by atoms with Crippen LogP contribution in [0.15, 0.2) is 30.3 Å². The van der Waals surface area contributed by atoms with Gasteiger partial charge in [-0.2, -0.15) is 5.26 Å². The number of benzene rings is 1. The molecule has 5 nitrogen and oxygen atoms in total. The Labute approximate surface area is 137 Å². The molecule has 0 saturated carbocycles. The highest BCUT2D eigenvalue weighted by Crippen LogP contribution is 2.45. The Kier molecular flexibility index (Phi) is 4.38. The van der Waals surface area contributed by atoms with E-state index < -0.39 is 5.41 Å². The summed E-state index contributed by atoms with van der Waals surface area (Å²) in [5, 5.41) is 9.73. The fourth-order valence-corrected chi connectivity index (χ4v) is 3.96. The first-order valence-electron chi connectivity index (χ1n) is 8.20. The van der Waals surface area contributed by atoms with Crippen LogP contribution < -0.4 is 0 Å². The fourth-order valence-electron chi connectivity index (χ4n) is 3.96.